The SMILES string of the molecule is CCOc1cc(C2CC(=O)Nc3ccc4ccccc4c32)cc([N+](=O)[O-])c1O. The largest absolute Gasteiger partial charge is 0.500 e. The second kappa shape index (κ2) is 6.84. The van der Waals surface area contributed by atoms with E-state index >= 15 is 0 Å². The third kappa shape index (κ3) is 2.90. The van der Waals surface area contributed by atoms with E-state index in [1.807, 2.05) is 36.4 Å². The van der Waals surface area contributed by atoms with Gasteiger partial charge >= 0.3 is 5.69 Å². The van der Waals surface area contributed by atoms with E-state index in [9.17, 15) is 20.0 Å². The van der Waals surface area contributed by atoms with Crippen molar-refractivity contribution in [3.05, 3.63) is 69.8 Å². The molecule has 0 saturated heterocycles. The number of nitrogens with zero attached hydrogens (tertiary/aromatic N) is 1. The Kier molecular flexibility index (Phi) is 4.35. The van der Waals surface area contributed by atoms with Crippen LogP contribution in [-0.2, 0) is 4.79 Å². The monoisotopic (exact) mass is 378 g/mol. The van der Waals surface area contributed by atoms with Gasteiger partial charge in [-0.25, -0.2) is 0 Å². The number of nitrogens with one attached hydrogen (secondary N) is 1. The number of ether oxygens (including phenoxy) is 1. The van der Waals surface area contributed by atoms with E-state index in [-0.39, 0.29) is 24.7 Å². The van der Waals surface area contributed by atoms with Crippen molar-refractivity contribution >= 4 is 28.1 Å². The molecule has 0 saturated carbocycles. The minimum absolute atomic E-state index is 0.0412. The topological polar surface area (TPSA) is 102 Å². The molecule has 1 amide bonds. The van der Waals surface area contributed by atoms with Gasteiger partial charge in [0.05, 0.1) is 11.5 Å². The lowest BCUT2D eigenvalue weighted by Gasteiger charge is -2.28. The van der Waals surface area contributed by atoms with Crippen LogP contribution in [0.3, 0.4) is 0 Å². The zero-order valence-corrected chi connectivity index (χ0v) is 15.1. The lowest BCUT2D eigenvalue weighted by molar-refractivity contribution is -0.386. The van der Waals surface area contributed by atoms with Gasteiger partial charge in [-0.3, -0.25) is 14.9 Å². The number of benzene rings is 3. The Balaban J connectivity index is 1.97. The number of phenolic OH excluding ortho intramolecular Hbond substituents is 1. The van der Waals surface area contributed by atoms with Gasteiger partial charge in [0.2, 0.25) is 11.7 Å². The molecule has 4 rings (SSSR count). The fraction of sp³-hybridized carbons (Fsp3) is 0.190. The van der Waals surface area contributed by atoms with Crippen molar-refractivity contribution in [2.75, 3.05) is 11.9 Å². The normalized spacial score (nSPS) is 15.8. The molecule has 1 unspecified atom stereocenters. The van der Waals surface area contributed by atoms with Crippen molar-refractivity contribution in [2.24, 2.45) is 0 Å². The van der Waals surface area contributed by atoms with Gasteiger partial charge < -0.3 is 15.2 Å². The minimum atomic E-state index is -0.645. The van der Waals surface area contributed by atoms with E-state index in [2.05, 4.69) is 5.32 Å². The van der Waals surface area contributed by atoms with Crippen LogP contribution in [0.15, 0.2) is 48.5 Å². The summed E-state index contributed by atoms with van der Waals surface area (Å²) in [5.41, 5.74) is 1.71. The summed E-state index contributed by atoms with van der Waals surface area (Å²) in [4.78, 5) is 23.1. The number of carbonyl (C=O) groups is 1. The third-order valence-electron chi connectivity index (χ3n) is 4.96. The highest BCUT2D eigenvalue weighted by Gasteiger charge is 2.31. The number of fused-ring (bicyclic) bond motifs is 3. The van der Waals surface area contributed by atoms with Gasteiger partial charge in [0, 0.05) is 24.1 Å². The number of phenols is 1. The first-order chi connectivity index (χ1) is 13.5. The molecule has 0 aliphatic carbocycles. The average molecular weight is 378 g/mol. The molecule has 3 aromatic rings. The number of hydrogen-bond donors (Lipinski definition) is 2. The summed E-state index contributed by atoms with van der Waals surface area (Å²) in [7, 11) is 0. The van der Waals surface area contributed by atoms with Crippen LogP contribution < -0.4 is 10.1 Å². The van der Waals surface area contributed by atoms with E-state index in [4.69, 9.17) is 4.74 Å². The standard InChI is InChI=1S/C21H18N2O5/c1-2-28-18-10-13(9-17(21(18)25)23(26)27)15-11-19(24)22-16-8-7-12-5-3-4-6-14(12)20(15)16/h3-10,15,25H,2,11H2,1H3,(H,22,24). The Labute approximate surface area is 160 Å². The Bertz CT molecular complexity index is 1110. The predicted molar refractivity (Wildman–Crippen MR) is 105 cm³/mol. The lowest BCUT2D eigenvalue weighted by Crippen LogP contribution is -2.23. The van der Waals surface area contributed by atoms with Crippen molar-refractivity contribution in [1.82, 2.24) is 0 Å². The molecular weight excluding hydrogens is 360 g/mol. The van der Waals surface area contributed by atoms with Crippen LogP contribution in [0.1, 0.15) is 30.4 Å². The van der Waals surface area contributed by atoms with Gasteiger partial charge in [0.25, 0.3) is 0 Å². The molecule has 1 aliphatic heterocycles. The van der Waals surface area contributed by atoms with Gasteiger partial charge in [-0.05, 0) is 41.0 Å². The molecule has 7 nitrogen and oxygen atoms in total. The lowest BCUT2D eigenvalue weighted by atomic mass is 9.81. The summed E-state index contributed by atoms with van der Waals surface area (Å²) < 4.78 is 5.41. The van der Waals surface area contributed by atoms with Crippen molar-refractivity contribution in [3.8, 4) is 11.5 Å². The number of carbonyl (C=O) groups excluding carboxylic acids is 1. The number of rotatable bonds is 4. The third-order valence-corrected chi connectivity index (χ3v) is 4.96. The predicted octanol–water partition coefficient (Wildman–Crippen LogP) is 4.33. The molecule has 1 heterocycles. The zero-order valence-electron chi connectivity index (χ0n) is 15.1. The highest BCUT2D eigenvalue weighted by molar-refractivity contribution is 6.01. The maximum atomic E-state index is 12.3. The van der Waals surface area contributed by atoms with Crippen LogP contribution in [0.4, 0.5) is 11.4 Å². The van der Waals surface area contributed by atoms with Gasteiger partial charge in [0.15, 0.2) is 5.75 Å². The molecule has 0 fully saturated rings. The summed E-state index contributed by atoms with van der Waals surface area (Å²) in [5.74, 6) is -1.02. The van der Waals surface area contributed by atoms with E-state index in [1.165, 1.54) is 6.07 Å². The maximum absolute atomic E-state index is 12.3. The molecule has 1 atom stereocenters. The van der Waals surface area contributed by atoms with Crippen LogP contribution in [0.25, 0.3) is 10.8 Å². The Morgan fingerprint density at radius 1 is 1.25 bits per heavy atom. The van der Waals surface area contributed by atoms with Crippen molar-refractivity contribution in [3.63, 3.8) is 0 Å². The molecule has 0 spiro atoms. The molecule has 3 aromatic carbocycles. The van der Waals surface area contributed by atoms with Crippen LogP contribution in [0, 0.1) is 10.1 Å². The summed E-state index contributed by atoms with van der Waals surface area (Å²) in [6.45, 7) is 1.98. The Morgan fingerprint density at radius 2 is 2.04 bits per heavy atom. The maximum Gasteiger partial charge on any atom is 0.314 e. The molecule has 142 valence electrons. The van der Waals surface area contributed by atoms with Crippen molar-refractivity contribution in [2.45, 2.75) is 19.3 Å². The first-order valence-corrected chi connectivity index (χ1v) is 8.95. The van der Waals surface area contributed by atoms with Gasteiger partial charge in [-0.2, -0.15) is 0 Å². The smallest absolute Gasteiger partial charge is 0.314 e. The first-order valence-electron chi connectivity index (χ1n) is 8.95. The molecule has 0 bridgehead atoms. The second-order valence-corrected chi connectivity index (χ2v) is 6.63. The number of aromatic hydroxyl groups is 1. The summed E-state index contributed by atoms with van der Waals surface area (Å²) in [5, 5.41) is 26.5. The Morgan fingerprint density at radius 3 is 2.79 bits per heavy atom. The van der Waals surface area contributed by atoms with Gasteiger partial charge in [0.1, 0.15) is 0 Å². The van der Waals surface area contributed by atoms with E-state index in [0.29, 0.717) is 11.3 Å². The van der Waals surface area contributed by atoms with Crippen LogP contribution >= 0.6 is 0 Å². The second-order valence-electron chi connectivity index (χ2n) is 6.63. The molecule has 1 aliphatic rings. The van der Waals surface area contributed by atoms with Crippen LogP contribution in [0.5, 0.6) is 11.5 Å². The molecular formula is C21H18N2O5. The van der Waals surface area contributed by atoms with Crippen molar-refractivity contribution in [1.29, 1.82) is 0 Å². The molecule has 2 N–H and O–H groups in total. The number of nitro benzene ring substituents is 1. The van der Waals surface area contributed by atoms with Crippen LogP contribution in [-0.4, -0.2) is 22.5 Å². The number of anilines is 1. The average Bonchev–Trinajstić information content (AvgIpc) is 2.68. The molecule has 7 heteroatoms. The van der Waals surface area contributed by atoms with E-state index in [1.54, 1.807) is 13.0 Å². The summed E-state index contributed by atoms with van der Waals surface area (Å²) in [6, 6.07) is 14.5. The Hall–Kier alpha value is -3.61. The van der Waals surface area contributed by atoms with Crippen molar-refractivity contribution < 1.29 is 19.6 Å². The highest BCUT2D eigenvalue weighted by atomic mass is 16.6. The number of nitro groups is 1. The fourth-order valence-corrected chi connectivity index (χ4v) is 3.77. The highest BCUT2D eigenvalue weighted by Crippen LogP contribution is 2.46. The van der Waals surface area contributed by atoms with E-state index < -0.39 is 22.3 Å². The summed E-state index contributed by atoms with van der Waals surface area (Å²) >= 11 is 0. The fourth-order valence-electron chi connectivity index (χ4n) is 3.77. The number of amides is 1. The first kappa shape index (κ1) is 17.8. The minimum Gasteiger partial charge on any atom is -0.500 e. The summed E-state index contributed by atoms with van der Waals surface area (Å²) in [6.07, 6.45) is 0.147. The van der Waals surface area contributed by atoms with Gasteiger partial charge in [-0.15, -0.1) is 0 Å². The van der Waals surface area contributed by atoms with E-state index in [0.717, 1.165) is 16.3 Å². The number of hydrogen-bond acceptors (Lipinski definition) is 5. The quantitative estimate of drug-likeness (QED) is 0.520. The van der Waals surface area contributed by atoms with Gasteiger partial charge in [-0.1, -0.05) is 30.3 Å². The molecule has 28 heavy (non-hydrogen) atoms. The van der Waals surface area contributed by atoms with Crippen LogP contribution in [0.2, 0.25) is 0 Å². The molecule has 0 radical (unpaired) electrons. The zero-order chi connectivity index (χ0) is 19.8. The molecule has 0 aromatic heterocycles.